The first-order valence-corrected chi connectivity index (χ1v) is 7.81. The van der Waals surface area contributed by atoms with Gasteiger partial charge in [0.25, 0.3) is 0 Å². The van der Waals surface area contributed by atoms with Crippen LogP contribution in [0.15, 0.2) is 48.5 Å². The third-order valence-corrected chi connectivity index (χ3v) is 3.28. The maximum absolute atomic E-state index is 5.67. The van der Waals surface area contributed by atoms with E-state index in [2.05, 4.69) is 41.8 Å². The largest absolute Gasteiger partial charge is 0.491 e. The minimum absolute atomic E-state index is 0.155. The van der Waals surface area contributed by atoms with E-state index in [1.54, 1.807) is 0 Å². The summed E-state index contributed by atoms with van der Waals surface area (Å²) in [7, 11) is 0. The Balaban J connectivity index is 1.87. The standard InChI is InChI=1S/C18H22N2OS/c1-13(2)21-17-6-4-5-16(11-17)20-18(22)19-12-15-9-7-14(3)8-10-15/h4-11,13H,12H2,1-3H3,(H2,19,20,22). The Labute approximate surface area is 137 Å². The predicted octanol–water partition coefficient (Wildman–Crippen LogP) is 4.27. The van der Waals surface area contributed by atoms with Gasteiger partial charge in [-0.25, -0.2) is 0 Å². The molecule has 0 spiro atoms. The Morgan fingerprint density at radius 3 is 2.55 bits per heavy atom. The van der Waals surface area contributed by atoms with Crippen molar-refractivity contribution >= 4 is 23.0 Å². The number of ether oxygens (including phenoxy) is 1. The highest BCUT2D eigenvalue weighted by atomic mass is 32.1. The molecule has 0 fully saturated rings. The molecule has 0 radical (unpaired) electrons. The fraction of sp³-hybridized carbons (Fsp3) is 0.278. The zero-order chi connectivity index (χ0) is 15.9. The molecule has 2 aromatic rings. The van der Waals surface area contributed by atoms with Crippen molar-refractivity contribution in [2.75, 3.05) is 5.32 Å². The van der Waals surface area contributed by atoms with E-state index in [4.69, 9.17) is 17.0 Å². The second kappa shape index (κ2) is 7.80. The molecule has 3 nitrogen and oxygen atoms in total. The number of aryl methyl sites for hydroxylation is 1. The molecule has 0 aromatic heterocycles. The van der Waals surface area contributed by atoms with Crippen molar-refractivity contribution in [2.24, 2.45) is 0 Å². The lowest BCUT2D eigenvalue weighted by molar-refractivity contribution is 0.242. The molecule has 0 aliphatic rings. The number of anilines is 1. The summed E-state index contributed by atoms with van der Waals surface area (Å²) in [5.41, 5.74) is 3.37. The monoisotopic (exact) mass is 314 g/mol. The summed E-state index contributed by atoms with van der Waals surface area (Å²) in [6.07, 6.45) is 0.155. The zero-order valence-corrected chi connectivity index (χ0v) is 14.0. The first-order chi connectivity index (χ1) is 10.5. The lowest BCUT2D eigenvalue weighted by atomic mass is 10.1. The summed E-state index contributed by atoms with van der Waals surface area (Å²) >= 11 is 5.33. The summed E-state index contributed by atoms with van der Waals surface area (Å²) in [5, 5.41) is 6.98. The van der Waals surface area contributed by atoms with Gasteiger partial charge in [-0.15, -0.1) is 0 Å². The van der Waals surface area contributed by atoms with Crippen molar-refractivity contribution in [3.8, 4) is 5.75 Å². The van der Waals surface area contributed by atoms with E-state index < -0.39 is 0 Å². The second-order valence-electron chi connectivity index (χ2n) is 5.49. The van der Waals surface area contributed by atoms with E-state index in [0.717, 1.165) is 11.4 Å². The van der Waals surface area contributed by atoms with E-state index in [0.29, 0.717) is 11.7 Å². The molecule has 0 atom stereocenters. The molecule has 0 amide bonds. The van der Waals surface area contributed by atoms with Crippen LogP contribution in [-0.2, 0) is 6.54 Å². The maximum Gasteiger partial charge on any atom is 0.171 e. The van der Waals surface area contributed by atoms with E-state index >= 15 is 0 Å². The molecule has 0 aliphatic carbocycles. The van der Waals surface area contributed by atoms with Crippen LogP contribution in [0, 0.1) is 6.92 Å². The van der Waals surface area contributed by atoms with E-state index in [9.17, 15) is 0 Å². The molecule has 22 heavy (non-hydrogen) atoms. The molecular formula is C18H22N2OS. The molecule has 4 heteroatoms. The zero-order valence-electron chi connectivity index (χ0n) is 13.2. The smallest absolute Gasteiger partial charge is 0.171 e. The van der Waals surface area contributed by atoms with Crippen molar-refractivity contribution in [2.45, 2.75) is 33.4 Å². The average molecular weight is 314 g/mol. The van der Waals surface area contributed by atoms with Crippen molar-refractivity contribution < 1.29 is 4.74 Å². The van der Waals surface area contributed by atoms with Crippen LogP contribution in [0.5, 0.6) is 5.75 Å². The quantitative estimate of drug-likeness (QED) is 0.808. The van der Waals surface area contributed by atoms with Gasteiger partial charge >= 0.3 is 0 Å². The van der Waals surface area contributed by atoms with Gasteiger partial charge in [-0.3, -0.25) is 0 Å². The molecule has 0 unspecified atom stereocenters. The summed E-state index contributed by atoms with van der Waals surface area (Å²) in [4.78, 5) is 0. The lowest BCUT2D eigenvalue weighted by Gasteiger charge is -2.13. The van der Waals surface area contributed by atoms with Crippen LogP contribution in [0.3, 0.4) is 0 Å². The molecule has 0 saturated heterocycles. The van der Waals surface area contributed by atoms with Crippen molar-refractivity contribution in [3.05, 3.63) is 59.7 Å². The Kier molecular flexibility index (Phi) is 5.78. The fourth-order valence-electron chi connectivity index (χ4n) is 1.98. The van der Waals surface area contributed by atoms with Gasteiger partial charge in [-0.2, -0.15) is 0 Å². The van der Waals surface area contributed by atoms with Gasteiger partial charge < -0.3 is 15.4 Å². The molecule has 2 rings (SSSR count). The van der Waals surface area contributed by atoms with Gasteiger partial charge in [0.05, 0.1) is 6.10 Å². The second-order valence-corrected chi connectivity index (χ2v) is 5.90. The number of nitrogens with one attached hydrogen (secondary N) is 2. The highest BCUT2D eigenvalue weighted by Gasteiger charge is 2.02. The van der Waals surface area contributed by atoms with Crippen LogP contribution in [0.4, 0.5) is 5.69 Å². The first-order valence-electron chi connectivity index (χ1n) is 7.40. The van der Waals surface area contributed by atoms with Crippen LogP contribution in [0.2, 0.25) is 0 Å². The number of rotatable bonds is 5. The van der Waals surface area contributed by atoms with Gasteiger partial charge in [-0.1, -0.05) is 35.9 Å². The average Bonchev–Trinajstić information content (AvgIpc) is 2.46. The Hall–Kier alpha value is -2.07. The fourth-order valence-corrected chi connectivity index (χ4v) is 2.17. The molecular weight excluding hydrogens is 292 g/mol. The van der Waals surface area contributed by atoms with Crippen molar-refractivity contribution in [1.82, 2.24) is 5.32 Å². The summed E-state index contributed by atoms with van der Waals surface area (Å²) < 4.78 is 5.67. The minimum Gasteiger partial charge on any atom is -0.491 e. The molecule has 0 saturated carbocycles. The van der Waals surface area contributed by atoms with Crippen molar-refractivity contribution in [3.63, 3.8) is 0 Å². The SMILES string of the molecule is Cc1ccc(CNC(=S)Nc2cccc(OC(C)C)c2)cc1. The number of hydrogen-bond acceptors (Lipinski definition) is 2. The third-order valence-electron chi connectivity index (χ3n) is 3.04. The maximum atomic E-state index is 5.67. The first kappa shape index (κ1) is 16.3. The summed E-state index contributed by atoms with van der Waals surface area (Å²) in [5.74, 6) is 0.835. The van der Waals surface area contributed by atoms with Crippen LogP contribution >= 0.6 is 12.2 Å². The summed E-state index contributed by atoms with van der Waals surface area (Å²) in [6, 6.07) is 16.2. The highest BCUT2D eigenvalue weighted by molar-refractivity contribution is 7.80. The van der Waals surface area contributed by atoms with E-state index in [1.807, 2.05) is 38.1 Å². The molecule has 0 bridgehead atoms. The topological polar surface area (TPSA) is 33.3 Å². The normalized spacial score (nSPS) is 10.4. The number of hydrogen-bond donors (Lipinski definition) is 2. The molecule has 0 aliphatic heterocycles. The van der Waals surface area contributed by atoms with Crippen LogP contribution < -0.4 is 15.4 Å². The van der Waals surface area contributed by atoms with Gasteiger partial charge in [0.1, 0.15) is 5.75 Å². The Bertz CT molecular complexity index is 623. The Morgan fingerprint density at radius 1 is 1.14 bits per heavy atom. The van der Waals surface area contributed by atoms with Gasteiger partial charge in [0, 0.05) is 18.3 Å². The van der Waals surface area contributed by atoms with Gasteiger partial charge in [-0.05, 0) is 50.7 Å². The highest BCUT2D eigenvalue weighted by Crippen LogP contribution is 2.18. The third kappa shape index (κ3) is 5.37. The van der Waals surface area contributed by atoms with Gasteiger partial charge in [0.15, 0.2) is 5.11 Å². The Morgan fingerprint density at radius 2 is 1.86 bits per heavy atom. The van der Waals surface area contributed by atoms with E-state index in [1.165, 1.54) is 11.1 Å². The number of benzene rings is 2. The lowest BCUT2D eigenvalue weighted by Crippen LogP contribution is -2.27. The van der Waals surface area contributed by atoms with Crippen LogP contribution in [0.1, 0.15) is 25.0 Å². The minimum atomic E-state index is 0.155. The predicted molar refractivity (Wildman–Crippen MR) is 96.4 cm³/mol. The molecule has 2 aromatic carbocycles. The molecule has 2 N–H and O–H groups in total. The van der Waals surface area contributed by atoms with Crippen LogP contribution in [0.25, 0.3) is 0 Å². The number of thiocarbonyl (C=S) groups is 1. The van der Waals surface area contributed by atoms with Crippen molar-refractivity contribution in [1.29, 1.82) is 0 Å². The van der Waals surface area contributed by atoms with Crippen LogP contribution in [-0.4, -0.2) is 11.2 Å². The molecule has 0 heterocycles. The summed E-state index contributed by atoms with van der Waals surface area (Å²) in [6.45, 7) is 6.80. The van der Waals surface area contributed by atoms with Gasteiger partial charge in [0.2, 0.25) is 0 Å². The molecule has 116 valence electrons. The van der Waals surface area contributed by atoms with E-state index in [-0.39, 0.29) is 6.10 Å².